The van der Waals surface area contributed by atoms with Crippen LogP contribution in [0.2, 0.25) is 0 Å². The standard InChI is InChI=1S/C62H117NO10/c1-3-5-7-9-11-13-15-29-32-36-40-44-48-55(65)54(53-72-62-61(70)60(69)59(68)56(52-64)73-62)63-57(66)49-45-41-37-33-30-26-24-22-20-18-16-17-19-21-23-25-27-31-35-39-43-47-51-71-58(67)50-46-42-38-34-28-14-12-10-8-6-4-2/h29,32,44,48,54-56,59-62,64-65,68-70H,3-28,30-31,33-43,45-47,49-53H2,1-2H3,(H,63,66)/b32-29+,48-44+. The van der Waals surface area contributed by atoms with E-state index in [1.54, 1.807) is 6.08 Å². The van der Waals surface area contributed by atoms with E-state index in [1.165, 1.54) is 212 Å². The van der Waals surface area contributed by atoms with Crippen molar-refractivity contribution in [3.05, 3.63) is 24.3 Å². The Hall–Kier alpha value is -1.86. The Morgan fingerprint density at radius 1 is 0.493 bits per heavy atom. The van der Waals surface area contributed by atoms with Crippen molar-refractivity contribution in [2.45, 2.75) is 339 Å². The predicted octanol–water partition coefficient (Wildman–Crippen LogP) is 14.5. The van der Waals surface area contributed by atoms with Crippen LogP contribution in [0.1, 0.15) is 296 Å². The normalized spacial score (nSPS) is 19.0. The molecule has 0 aliphatic carbocycles. The highest BCUT2D eigenvalue weighted by Crippen LogP contribution is 2.23. The zero-order valence-electron chi connectivity index (χ0n) is 47.4. The number of aliphatic hydroxyl groups excluding tert-OH is 5. The van der Waals surface area contributed by atoms with Crippen LogP contribution < -0.4 is 5.32 Å². The van der Waals surface area contributed by atoms with Crippen molar-refractivity contribution < 1.29 is 49.3 Å². The van der Waals surface area contributed by atoms with Gasteiger partial charge in [-0.3, -0.25) is 9.59 Å². The van der Waals surface area contributed by atoms with Gasteiger partial charge in [0, 0.05) is 12.8 Å². The molecule has 1 fully saturated rings. The average Bonchev–Trinajstić information content (AvgIpc) is 3.39. The second-order valence-corrected chi connectivity index (χ2v) is 21.8. The first-order valence-corrected chi connectivity index (χ1v) is 31.1. The molecule has 0 aromatic rings. The SMILES string of the molecule is CCCCCCCC/C=C/CC/C=C/C(O)C(COC1OC(CO)C(O)C(O)C1O)NC(=O)CCCCCCCCCCCCCCCCCCCCCCCCOC(=O)CCCCCCCCCCCCC. The molecule has 11 nitrogen and oxygen atoms in total. The van der Waals surface area contributed by atoms with E-state index >= 15 is 0 Å². The van der Waals surface area contributed by atoms with Crippen molar-refractivity contribution in [1.82, 2.24) is 5.32 Å². The number of carbonyl (C=O) groups excluding carboxylic acids is 2. The van der Waals surface area contributed by atoms with Gasteiger partial charge in [-0.2, -0.15) is 0 Å². The third kappa shape index (κ3) is 41.9. The van der Waals surface area contributed by atoms with E-state index in [2.05, 4.69) is 31.3 Å². The Kier molecular flexibility index (Phi) is 49.5. The summed E-state index contributed by atoms with van der Waals surface area (Å²) in [6, 6.07) is -0.826. The quantitative estimate of drug-likeness (QED) is 0.0195. The molecule has 0 bridgehead atoms. The van der Waals surface area contributed by atoms with E-state index in [-0.39, 0.29) is 18.5 Å². The highest BCUT2D eigenvalue weighted by Gasteiger charge is 2.44. The smallest absolute Gasteiger partial charge is 0.305 e. The van der Waals surface area contributed by atoms with Crippen LogP contribution >= 0.6 is 0 Å². The van der Waals surface area contributed by atoms with Crippen molar-refractivity contribution in [3.8, 4) is 0 Å². The lowest BCUT2D eigenvalue weighted by Gasteiger charge is -2.40. The van der Waals surface area contributed by atoms with E-state index in [1.807, 2.05) is 6.08 Å². The second-order valence-electron chi connectivity index (χ2n) is 21.8. The van der Waals surface area contributed by atoms with Crippen molar-refractivity contribution in [2.24, 2.45) is 0 Å². The summed E-state index contributed by atoms with van der Waals surface area (Å²) < 4.78 is 16.7. The summed E-state index contributed by atoms with van der Waals surface area (Å²) in [4.78, 5) is 25.0. The first-order valence-electron chi connectivity index (χ1n) is 31.1. The van der Waals surface area contributed by atoms with E-state index in [0.717, 1.165) is 57.8 Å². The Balaban J connectivity index is 2.04. The van der Waals surface area contributed by atoms with E-state index in [0.29, 0.717) is 19.4 Å². The van der Waals surface area contributed by atoms with E-state index in [9.17, 15) is 35.1 Å². The summed E-state index contributed by atoms with van der Waals surface area (Å²) in [5.41, 5.74) is 0. The highest BCUT2D eigenvalue weighted by atomic mass is 16.7. The third-order valence-corrected chi connectivity index (χ3v) is 14.8. The maximum absolute atomic E-state index is 13.0. The molecule has 1 heterocycles. The van der Waals surface area contributed by atoms with Crippen LogP contribution in [0.3, 0.4) is 0 Å². The minimum absolute atomic E-state index is 0.000269. The zero-order chi connectivity index (χ0) is 53.1. The molecular weight excluding hydrogens is 919 g/mol. The Bertz CT molecular complexity index is 1260. The molecule has 0 aromatic heterocycles. The van der Waals surface area contributed by atoms with Crippen LogP contribution in [-0.2, 0) is 23.8 Å². The summed E-state index contributed by atoms with van der Waals surface area (Å²) in [6.45, 7) is 4.32. The molecule has 6 N–H and O–H groups in total. The van der Waals surface area contributed by atoms with Gasteiger partial charge in [-0.1, -0.05) is 263 Å². The molecule has 1 aliphatic heterocycles. The fourth-order valence-electron chi connectivity index (χ4n) is 9.86. The Morgan fingerprint density at radius 2 is 0.890 bits per heavy atom. The van der Waals surface area contributed by atoms with Gasteiger partial charge in [0.15, 0.2) is 6.29 Å². The number of hydrogen-bond acceptors (Lipinski definition) is 10. The summed E-state index contributed by atoms with van der Waals surface area (Å²) in [7, 11) is 0. The molecule has 1 amide bonds. The van der Waals surface area contributed by atoms with Gasteiger partial charge in [-0.05, 0) is 44.9 Å². The maximum Gasteiger partial charge on any atom is 0.305 e. The van der Waals surface area contributed by atoms with Gasteiger partial charge in [0.25, 0.3) is 0 Å². The zero-order valence-corrected chi connectivity index (χ0v) is 47.4. The number of unbranched alkanes of at least 4 members (excludes halogenated alkanes) is 38. The number of amides is 1. The molecule has 11 heteroatoms. The Labute approximate surface area is 448 Å². The van der Waals surface area contributed by atoms with Crippen molar-refractivity contribution in [1.29, 1.82) is 0 Å². The molecule has 1 aliphatic rings. The van der Waals surface area contributed by atoms with Gasteiger partial charge in [-0.15, -0.1) is 0 Å². The second kappa shape index (κ2) is 52.2. The Morgan fingerprint density at radius 3 is 1.36 bits per heavy atom. The van der Waals surface area contributed by atoms with Gasteiger partial charge in [0.1, 0.15) is 24.4 Å². The molecule has 73 heavy (non-hydrogen) atoms. The number of ether oxygens (including phenoxy) is 3. The molecule has 7 atom stereocenters. The maximum atomic E-state index is 13.0. The van der Waals surface area contributed by atoms with Gasteiger partial charge in [0.05, 0.1) is 32.0 Å². The molecule has 1 rings (SSSR count). The minimum atomic E-state index is -1.58. The average molecular weight is 1040 g/mol. The van der Waals surface area contributed by atoms with Gasteiger partial charge in [-0.25, -0.2) is 0 Å². The summed E-state index contributed by atoms with van der Waals surface area (Å²) in [6.07, 6.45) is 52.8. The van der Waals surface area contributed by atoms with E-state index in [4.69, 9.17) is 14.2 Å². The van der Waals surface area contributed by atoms with Crippen molar-refractivity contribution in [2.75, 3.05) is 19.8 Å². The molecule has 0 aromatic carbocycles. The third-order valence-electron chi connectivity index (χ3n) is 14.8. The molecule has 7 unspecified atom stereocenters. The fourth-order valence-corrected chi connectivity index (χ4v) is 9.86. The van der Waals surface area contributed by atoms with Crippen LogP contribution in [-0.4, -0.2) is 100 Å². The molecule has 0 spiro atoms. The van der Waals surface area contributed by atoms with Gasteiger partial charge in [0.2, 0.25) is 5.91 Å². The topological polar surface area (TPSA) is 175 Å². The molecule has 1 saturated heterocycles. The number of esters is 1. The number of carbonyl (C=O) groups is 2. The van der Waals surface area contributed by atoms with Crippen LogP contribution in [0.15, 0.2) is 24.3 Å². The summed E-state index contributed by atoms with van der Waals surface area (Å²) in [5, 5.41) is 54.3. The first kappa shape index (κ1) is 69.2. The van der Waals surface area contributed by atoms with Crippen molar-refractivity contribution in [3.63, 3.8) is 0 Å². The predicted molar refractivity (Wildman–Crippen MR) is 301 cm³/mol. The first-order chi connectivity index (χ1) is 35.7. The molecule has 0 saturated carbocycles. The van der Waals surface area contributed by atoms with E-state index < -0.39 is 49.5 Å². The fraction of sp³-hybridized carbons (Fsp3) is 0.903. The van der Waals surface area contributed by atoms with Crippen LogP contribution in [0.25, 0.3) is 0 Å². The van der Waals surface area contributed by atoms with Crippen LogP contribution in [0.5, 0.6) is 0 Å². The summed E-state index contributed by atoms with van der Waals surface area (Å²) in [5.74, 6) is -0.191. The van der Waals surface area contributed by atoms with Gasteiger partial charge < -0.3 is 45.1 Å². The van der Waals surface area contributed by atoms with Crippen LogP contribution in [0.4, 0.5) is 0 Å². The lowest BCUT2D eigenvalue weighted by atomic mass is 9.99. The molecule has 430 valence electrons. The number of nitrogens with one attached hydrogen (secondary N) is 1. The monoisotopic (exact) mass is 1040 g/mol. The lowest BCUT2D eigenvalue weighted by Crippen LogP contribution is -2.60. The lowest BCUT2D eigenvalue weighted by molar-refractivity contribution is -0.302. The number of allylic oxidation sites excluding steroid dienone is 3. The van der Waals surface area contributed by atoms with Crippen molar-refractivity contribution >= 4 is 11.9 Å². The summed E-state index contributed by atoms with van der Waals surface area (Å²) >= 11 is 0. The molecule has 0 radical (unpaired) electrons. The molecular formula is C62H117NO10. The van der Waals surface area contributed by atoms with Gasteiger partial charge >= 0.3 is 5.97 Å². The minimum Gasteiger partial charge on any atom is -0.466 e. The highest BCUT2D eigenvalue weighted by molar-refractivity contribution is 5.76. The number of rotatable bonds is 54. The number of hydrogen-bond donors (Lipinski definition) is 6. The van der Waals surface area contributed by atoms with Crippen LogP contribution in [0, 0.1) is 0 Å². The largest absolute Gasteiger partial charge is 0.466 e. The number of aliphatic hydroxyl groups is 5.